The second-order valence-electron chi connectivity index (χ2n) is 8.83. The van der Waals surface area contributed by atoms with Crippen molar-refractivity contribution >= 4 is 22.8 Å². The van der Waals surface area contributed by atoms with E-state index >= 15 is 0 Å². The molecule has 1 aromatic heterocycles. The Morgan fingerprint density at radius 1 is 1.03 bits per heavy atom. The van der Waals surface area contributed by atoms with Gasteiger partial charge in [-0.1, -0.05) is 85.8 Å². The number of rotatable bonds is 7. The van der Waals surface area contributed by atoms with Gasteiger partial charge in [0.1, 0.15) is 0 Å². The maximum Gasteiger partial charge on any atom is 0.417 e. The molecule has 200 valence electrons. The molecule has 5 rings (SSSR count). The number of aliphatic imine (C=N–C) groups is 1. The number of hydrazine groups is 1. The lowest BCUT2D eigenvalue weighted by molar-refractivity contribution is -0.137. The van der Waals surface area contributed by atoms with E-state index in [0.29, 0.717) is 17.5 Å². The van der Waals surface area contributed by atoms with E-state index < -0.39 is 23.2 Å². The van der Waals surface area contributed by atoms with Crippen molar-refractivity contribution < 1.29 is 18.0 Å². The molecule has 0 bridgehead atoms. The normalized spacial score (nSPS) is 16.7. The van der Waals surface area contributed by atoms with Crippen molar-refractivity contribution in [1.82, 2.24) is 31.1 Å². The molecule has 2 N–H and O–H groups in total. The fourth-order valence-corrected chi connectivity index (χ4v) is 5.44. The van der Waals surface area contributed by atoms with Crippen molar-refractivity contribution in [2.24, 2.45) is 4.99 Å². The molecule has 39 heavy (non-hydrogen) atoms. The predicted octanol–water partition coefficient (Wildman–Crippen LogP) is 5.93. The number of amidine groups is 1. The molecule has 1 amide bonds. The highest BCUT2D eigenvalue weighted by Gasteiger charge is 2.36. The number of halogens is 3. The quantitative estimate of drug-likeness (QED) is 0.294. The molecule has 3 aromatic carbocycles. The third kappa shape index (κ3) is 6.02. The highest BCUT2D eigenvalue weighted by Crippen LogP contribution is 2.34. The lowest BCUT2D eigenvalue weighted by Crippen LogP contribution is -2.37. The molecule has 2 heterocycles. The van der Waals surface area contributed by atoms with E-state index in [9.17, 15) is 18.0 Å². The Kier molecular flexibility index (Phi) is 7.75. The van der Waals surface area contributed by atoms with Crippen molar-refractivity contribution in [3.8, 4) is 22.5 Å². The summed E-state index contributed by atoms with van der Waals surface area (Å²) >= 11 is 1.34. The first kappa shape index (κ1) is 26.6. The van der Waals surface area contributed by atoms with E-state index in [4.69, 9.17) is 0 Å². The average Bonchev–Trinajstić information content (AvgIpc) is 3.59. The van der Waals surface area contributed by atoms with Gasteiger partial charge in [-0.2, -0.15) is 23.4 Å². The summed E-state index contributed by atoms with van der Waals surface area (Å²) in [6.07, 6.45) is -2.95. The molecule has 1 fully saturated rings. The summed E-state index contributed by atoms with van der Waals surface area (Å²) in [4.78, 5) is 17.0. The molecular weight excluding hydrogens is 527 g/mol. The van der Waals surface area contributed by atoms with E-state index in [0.717, 1.165) is 47.2 Å². The molecule has 1 aliphatic heterocycles. The number of H-pyrrole nitrogens is 1. The van der Waals surface area contributed by atoms with Gasteiger partial charge in [0.15, 0.2) is 5.17 Å². The van der Waals surface area contributed by atoms with Gasteiger partial charge >= 0.3 is 6.18 Å². The molecule has 4 aromatic rings. The SMILES string of the molecule is CCCC1NN(Cc2ccc(-c3ccccc3-c3nn[nH]n3)cc2)C(=NC(=O)c2ccccc2C(F)(F)F)S1. The summed E-state index contributed by atoms with van der Waals surface area (Å²) in [6, 6.07) is 20.3. The number of tetrazole rings is 1. The van der Waals surface area contributed by atoms with Crippen LogP contribution in [0.3, 0.4) is 0 Å². The first-order chi connectivity index (χ1) is 18.8. The Morgan fingerprint density at radius 2 is 1.74 bits per heavy atom. The van der Waals surface area contributed by atoms with Crippen LogP contribution < -0.4 is 5.43 Å². The van der Waals surface area contributed by atoms with Crippen LogP contribution in [0.1, 0.15) is 41.3 Å². The number of aromatic nitrogens is 4. The van der Waals surface area contributed by atoms with Crippen molar-refractivity contribution in [3.63, 3.8) is 0 Å². The maximum absolute atomic E-state index is 13.5. The number of amides is 1. The van der Waals surface area contributed by atoms with Crippen molar-refractivity contribution in [2.45, 2.75) is 37.9 Å². The molecule has 0 spiro atoms. The topological polar surface area (TPSA) is 99.2 Å². The minimum Gasteiger partial charge on any atom is -0.281 e. The summed E-state index contributed by atoms with van der Waals surface area (Å²) in [5, 5.41) is 16.3. The summed E-state index contributed by atoms with van der Waals surface area (Å²) in [7, 11) is 0. The lowest BCUT2D eigenvalue weighted by atomic mass is 9.98. The van der Waals surface area contributed by atoms with Gasteiger partial charge < -0.3 is 0 Å². The Balaban J connectivity index is 1.39. The fraction of sp³-hybridized carbons (Fsp3) is 0.222. The number of carbonyl (C=O) groups excluding carboxylic acids is 1. The third-order valence-corrected chi connectivity index (χ3v) is 7.26. The number of benzene rings is 3. The van der Waals surface area contributed by atoms with E-state index in [2.05, 4.69) is 31.0 Å². The van der Waals surface area contributed by atoms with Gasteiger partial charge in [0.25, 0.3) is 5.91 Å². The number of thioether (sulfide) groups is 1. The largest absolute Gasteiger partial charge is 0.417 e. The molecule has 8 nitrogen and oxygen atoms in total. The molecule has 12 heteroatoms. The summed E-state index contributed by atoms with van der Waals surface area (Å²) in [5.74, 6) is -0.435. The zero-order chi connectivity index (χ0) is 27.4. The van der Waals surface area contributed by atoms with Crippen molar-refractivity contribution in [2.75, 3.05) is 0 Å². The number of hydrogen-bond acceptors (Lipinski definition) is 6. The maximum atomic E-state index is 13.5. The smallest absolute Gasteiger partial charge is 0.281 e. The third-order valence-electron chi connectivity index (χ3n) is 6.11. The zero-order valence-corrected chi connectivity index (χ0v) is 21.6. The Labute approximate surface area is 226 Å². The molecule has 1 atom stereocenters. The standard InChI is InChI=1S/C27H24F3N7OS/c1-2-7-23-34-37(26(39-23)31-25(38)21-10-5-6-11-22(21)27(28,29)30)16-17-12-14-18(15-13-17)19-8-3-4-9-20(19)24-32-35-36-33-24/h3-6,8-15,23,34H,2,7,16H2,1H3,(H,32,33,35,36). The van der Waals surface area contributed by atoms with Gasteiger partial charge in [-0.25, -0.2) is 5.43 Å². The average molecular weight is 552 g/mol. The zero-order valence-electron chi connectivity index (χ0n) is 20.8. The number of aromatic amines is 1. The van der Waals surface area contributed by atoms with Crippen LogP contribution in [0.2, 0.25) is 0 Å². The molecule has 0 radical (unpaired) electrons. The highest BCUT2D eigenvalue weighted by molar-refractivity contribution is 8.14. The Morgan fingerprint density at radius 3 is 2.44 bits per heavy atom. The first-order valence-corrected chi connectivity index (χ1v) is 13.1. The summed E-state index contributed by atoms with van der Waals surface area (Å²) in [5.41, 5.74) is 5.53. The number of nitrogens with one attached hydrogen (secondary N) is 2. The minimum atomic E-state index is -4.65. The van der Waals surface area contributed by atoms with E-state index in [1.165, 1.54) is 23.9 Å². The molecular formula is C27H24F3N7OS. The van der Waals surface area contributed by atoms with Crippen molar-refractivity contribution in [1.29, 1.82) is 0 Å². The van der Waals surface area contributed by atoms with Crippen LogP contribution in [0.4, 0.5) is 13.2 Å². The van der Waals surface area contributed by atoms with Gasteiger partial charge in [0.2, 0.25) is 5.82 Å². The molecule has 0 saturated carbocycles. The van der Waals surface area contributed by atoms with Crippen LogP contribution >= 0.6 is 11.8 Å². The Bertz CT molecular complexity index is 1470. The molecule has 1 saturated heterocycles. The highest BCUT2D eigenvalue weighted by atomic mass is 32.2. The fourth-order valence-electron chi connectivity index (χ4n) is 4.27. The lowest BCUT2D eigenvalue weighted by Gasteiger charge is -2.19. The van der Waals surface area contributed by atoms with Crippen LogP contribution in [0.25, 0.3) is 22.5 Å². The van der Waals surface area contributed by atoms with Gasteiger partial charge in [-0.15, -0.1) is 10.2 Å². The van der Waals surface area contributed by atoms with Crippen LogP contribution in [0.15, 0.2) is 77.8 Å². The first-order valence-electron chi connectivity index (χ1n) is 12.2. The van der Waals surface area contributed by atoms with Crippen LogP contribution in [0.5, 0.6) is 0 Å². The monoisotopic (exact) mass is 551 g/mol. The van der Waals surface area contributed by atoms with Gasteiger partial charge in [0, 0.05) is 5.56 Å². The molecule has 1 aliphatic rings. The summed E-state index contributed by atoms with van der Waals surface area (Å²) in [6.45, 7) is 2.41. The van der Waals surface area contributed by atoms with Gasteiger partial charge in [-0.3, -0.25) is 9.80 Å². The number of nitrogens with zero attached hydrogens (tertiary/aromatic N) is 5. The van der Waals surface area contributed by atoms with Crippen LogP contribution in [-0.4, -0.2) is 42.1 Å². The number of carbonyl (C=O) groups is 1. The summed E-state index contributed by atoms with van der Waals surface area (Å²) < 4.78 is 40.4. The number of alkyl halides is 3. The van der Waals surface area contributed by atoms with E-state index in [1.807, 2.05) is 55.5 Å². The van der Waals surface area contributed by atoms with Crippen LogP contribution in [0, 0.1) is 0 Å². The van der Waals surface area contributed by atoms with E-state index in [-0.39, 0.29) is 5.37 Å². The van der Waals surface area contributed by atoms with Crippen LogP contribution in [-0.2, 0) is 12.7 Å². The molecule has 0 aliphatic carbocycles. The van der Waals surface area contributed by atoms with Gasteiger partial charge in [-0.05, 0) is 40.5 Å². The minimum absolute atomic E-state index is 0.0412. The number of hydrogen-bond donors (Lipinski definition) is 2. The second kappa shape index (κ2) is 11.4. The molecule has 1 unspecified atom stereocenters. The van der Waals surface area contributed by atoms with E-state index in [1.54, 1.807) is 5.01 Å². The Hall–Kier alpha value is -4.03. The second-order valence-corrected chi connectivity index (χ2v) is 10.0. The van der Waals surface area contributed by atoms with Gasteiger partial charge in [0.05, 0.1) is 23.0 Å². The predicted molar refractivity (Wildman–Crippen MR) is 143 cm³/mol. The van der Waals surface area contributed by atoms with Crippen molar-refractivity contribution in [3.05, 3.63) is 89.5 Å².